The Morgan fingerprint density at radius 2 is 2.12 bits per heavy atom. The van der Waals surface area contributed by atoms with E-state index in [1.807, 2.05) is 0 Å². The topological polar surface area (TPSA) is 67.6 Å². The van der Waals surface area contributed by atoms with Crippen LogP contribution in [0.2, 0.25) is 0 Å². The van der Waals surface area contributed by atoms with Gasteiger partial charge in [-0.2, -0.15) is 8.78 Å². The van der Waals surface area contributed by atoms with E-state index in [9.17, 15) is 13.6 Å². The quantitative estimate of drug-likeness (QED) is 0.908. The standard InChI is InChI=1S/C16H17F2N3O3/c17-16(18)24-13-1-2-14(19-9-13)20-12-3-6-21(7-4-12)15(22)11-5-8-23-10-11/h1-2,5,8-10,12,16H,3-4,6-7H2,(H,19,20). The zero-order chi connectivity index (χ0) is 16.9. The molecule has 0 aromatic carbocycles. The number of alkyl halides is 2. The van der Waals surface area contributed by atoms with Gasteiger partial charge in [-0.3, -0.25) is 4.79 Å². The van der Waals surface area contributed by atoms with Crippen LogP contribution in [0.25, 0.3) is 0 Å². The van der Waals surface area contributed by atoms with Gasteiger partial charge >= 0.3 is 6.61 Å². The lowest BCUT2D eigenvalue weighted by molar-refractivity contribution is -0.0500. The van der Waals surface area contributed by atoms with E-state index in [4.69, 9.17) is 4.42 Å². The summed E-state index contributed by atoms with van der Waals surface area (Å²) < 4.78 is 33.4. The minimum Gasteiger partial charge on any atom is -0.472 e. The van der Waals surface area contributed by atoms with Crippen LogP contribution >= 0.6 is 0 Å². The van der Waals surface area contributed by atoms with E-state index < -0.39 is 6.61 Å². The third kappa shape index (κ3) is 4.01. The molecule has 0 radical (unpaired) electrons. The SMILES string of the molecule is O=C(c1ccoc1)N1CCC(Nc2ccc(OC(F)F)cn2)CC1. The molecule has 1 saturated heterocycles. The molecule has 1 aliphatic heterocycles. The third-order valence-electron chi connectivity index (χ3n) is 3.86. The fraction of sp³-hybridized carbons (Fsp3) is 0.375. The molecule has 1 amide bonds. The maximum Gasteiger partial charge on any atom is 0.387 e. The number of hydrogen-bond donors (Lipinski definition) is 1. The summed E-state index contributed by atoms with van der Waals surface area (Å²) in [6.45, 7) is -1.59. The van der Waals surface area contributed by atoms with Crippen LogP contribution in [0.4, 0.5) is 14.6 Å². The number of piperidine rings is 1. The summed E-state index contributed by atoms with van der Waals surface area (Å²) in [6.07, 6.45) is 5.74. The molecule has 0 unspecified atom stereocenters. The Morgan fingerprint density at radius 3 is 2.71 bits per heavy atom. The molecule has 2 aromatic rings. The molecule has 0 atom stereocenters. The number of amides is 1. The van der Waals surface area contributed by atoms with Gasteiger partial charge < -0.3 is 19.4 Å². The minimum absolute atomic E-state index is 0.0241. The highest BCUT2D eigenvalue weighted by Crippen LogP contribution is 2.19. The van der Waals surface area contributed by atoms with Crippen molar-refractivity contribution in [1.29, 1.82) is 0 Å². The smallest absolute Gasteiger partial charge is 0.387 e. The second-order valence-corrected chi connectivity index (χ2v) is 5.48. The molecule has 0 bridgehead atoms. The van der Waals surface area contributed by atoms with Crippen molar-refractivity contribution < 1.29 is 22.7 Å². The fourth-order valence-corrected chi connectivity index (χ4v) is 2.64. The van der Waals surface area contributed by atoms with Gasteiger partial charge in [-0.1, -0.05) is 0 Å². The Bertz CT molecular complexity index is 654. The zero-order valence-corrected chi connectivity index (χ0v) is 12.8. The van der Waals surface area contributed by atoms with E-state index in [0.29, 0.717) is 24.5 Å². The molecule has 1 N–H and O–H groups in total. The second kappa shape index (κ2) is 7.29. The first-order valence-corrected chi connectivity index (χ1v) is 7.60. The number of likely N-dealkylation sites (tertiary alicyclic amines) is 1. The van der Waals surface area contributed by atoms with Gasteiger partial charge in [0.2, 0.25) is 0 Å². The summed E-state index contributed by atoms with van der Waals surface area (Å²) in [4.78, 5) is 18.1. The van der Waals surface area contributed by atoms with Crippen molar-refractivity contribution in [2.24, 2.45) is 0 Å². The molecular weight excluding hydrogens is 320 g/mol. The Morgan fingerprint density at radius 1 is 1.33 bits per heavy atom. The molecule has 3 rings (SSSR count). The second-order valence-electron chi connectivity index (χ2n) is 5.48. The van der Waals surface area contributed by atoms with Gasteiger partial charge in [-0.05, 0) is 31.0 Å². The number of nitrogens with one attached hydrogen (secondary N) is 1. The third-order valence-corrected chi connectivity index (χ3v) is 3.86. The molecule has 1 aliphatic rings. The molecule has 0 spiro atoms. The first kappa shape index (κ1) is 16.2. The number of hydrogen-bond acceptors (Lipinski definition) is 5. The highest BCUT2D eigenvalue weighted by Gasteiger charge is 2.24. The van der Waals surface area contributed by atoms with E-state index in [0.717, 1.165) is 12.8 Å². The van der Waals surface area contributed by atoms with Crippen LogP contribution in [0.3, 0.4) is 0 Å². The zero-order valence-electron chi connectivity index (χ0n) is 12.8. The van der Waals surface area contributed by atoms with Crippen molar-refractivity contribution in [3.8, 4) is 5.75 Å². The van der Waals surface area contributed by atoms with Gasteiger partial charge in [0, 0.05) is 19.1 Å². The molecule has 0 aliphatic carbocycles. The highest BCUT2D eigenvalue weighted by atomic mass is 19.3. The number of aromatic nitrogens is 1. The number of rotatable bonds is 5. The lowest BCUT2D eigenvalue weighted by Crippen LogP contribution is -2.42. The van der Waals surface area contributed by atoms with E-state index in [1.54, 1.807) is 17.0 Å². The average Bonchev–Trinajstić information content (AvgIpc) is 3.11. The number of pyridine rings is 1. The van der Waals surface area contributed by atoms with Gasteiger partial charge in [0.25, 0.3) is 5.91 Å². The molecule has 24 heavy (non-hydrogen) atoms. The summed E-state index contributed by atoms with van der Waals surface area (Å²) in [6, 6.07) is 4.87. The minimum atomic E-state index is -2.86. The van der Waals surface area contributed by atoms with Gasteiger partial charge in [0.05, 0.1) is 18.0 Å². The van der Waals surface area contributed by atoms with Crippen LogP contribution < -0.4 is 10.1 Å². The van der Waals surface area contributed by atoms with E-state index in [-0.39, 0.29) is 17.7 Å². The molecule has 2 aromatic heterocycles. The van der Waals surface area contributed by atoms with E-state index in [2.05, 4.69) is 15.0 Å². The number of carbonyl (C=O) groups excluding carboxylic acids is 1. The first-order chi connectivity index (χ1) is 11.6. The number of anilines is 1. The Balaban J connectivity index is 1.49. The van der Waals surface area contributed by atoms with Gasteiger partial charge in [0.15, 0.2) is 0 Å². The van der Waals surface area contributed by atoms with Crippen molar-refractivity contribution in [3.63, 3.8) is 0 Å². The van der Waals surface area contributed by atoms with Crippen LogP contribution in [-0.2, 0) is 0 Å². The summed E-state index contributed by atoms with van der Waals surface area (Å²) in [7, 11) is 0. The Hall–Kier alpha value is -2.64. The molecule has 8 heteroatoms. The predicted molar refractivity (Wildman–Crippen MR) is 82.1 cm³/mol. The molecule has 3 heterocycles. The number of furan rings is 1. The lowest BCUT2D eigenvalue weighted by atomic mass is 10.0. The summed E-state index contributed by atoms with van der Waals surface area (Å²) >= 11 is 0. The molecule has 0 saturated carbocycles. The van der Waals surface area contributed by atoms with Crippen molar-refractivity contribution in [3.05, 3.63) is 42.5 Å². The van der Waals surface area contributed by atoms with Crippen molar-refractivity contribution in [2.45, 2.75) is 25.5 Å². The lowest BCUT2D eigenvalue weighted by Gasteiger charge is -2.32. The largest absolute Gasteiger partial charge is 0.472 e. The number of carbonyl (C=O) groups is 1. The molecule has 128 valence electrons. The fourth-order valence-electron chi connectivity index (χ4n) is 2.64. The maximum absolute atomic E-state index is 12.2. The average molecular weight is 337 g/mol. The predicted octanol–water partition coefficient (Wildman–Crippen LogP) is 2.99. The maximum atomic E-state index is 12.2. The monoisotopic (exact) mass is 337 g/mol. The van der Waals surface area contributed by atoms with E-state index >= 15 is 0 Å². The van der Waals surface area contributed by atoms with Crippen LogP contribution in [0.5, 0.6) is 5.75 Å². The van der Waals surface area contributed by atoms with Crippen LogP contribution in [0, 0.1) is 0 Å². The molecule has 1 fully saturated rings. The normalized spacial score (nSPS) is 15.5. The van der Waals surface area contributed by atoms with Crippen molar-refractivity contribution in [1.82, 2.24) is 9.88 Å². The summed E-state index contributed by atoms with van der Waals surface area (Å²) in [5.74, 6) is 0.584. The van der Waals surface area contributed by atoms with Gasteiger partial charge in [-0.15, -0.1) is 0 Å². The number of ether oxygens (including phenoxy) is 1. The molecule has 6 nitrogen and oxygen atoms in total. The van der Waals surface area contributed by atoms with Gasteiger partial charge in [0.1, 0.15) is 17.8 Å². The van der Waals surface area contributed by atoms with Gasteiger partial charge in [-0.25, -0.2) is 4.98 Å². The van der Waals surface area contributed by atoms with Crippen LogP contribution in [0.1, 0.15) is 23.2 Å². The van der Waals surface area contributed by atoms with Crippen LogP contribution in [-0.4, -0.2) is 41.5 Å². The summed E-state index contributed by atoms with van der Waals surface area (Å²) in [5, 5.41) is 3.24. The van der Waals surface area contributed by atoms with Crippen molar-refractivity contribution in [2.75, 3.05) is 18.4 Å². The number of halogens is 2. The Kier molecular flexibility index (Phi) is 4.93. The highest BCUT2D eigenvalue weighted by molar-refractivity contribution is 5.93. The Labute approximate surface area is 137 Å². The number of nitrogens with zero attached hydrogens (tertiary/aromatic N) is 2. The van der Waals surface area contributed by atoms with Crippen molar-refractivity contribution >= 4 is 11.7 Å². The molecular formula is C16H17F2N3O3. The first-order valence-electron chi connectivity index (χ1n) is 7.60. The summed E-state index contributed by atoms with van der Waals surface area (Å²) in [5.41, 5.74) is 0.553. The van der Waals surface area contributed by atoms with Crippen LogP contribution in [0.15, 0.2) is 41.3 Å². The van der Waals surface area contributed by atoms with E-state index in [1.165, 1.54) is 24.8 Å².